The van der Waals surface area contributed by atoms with E-state index < -0.39 is 11.7 Å². The quantitative estimate of drug-likeness (QED) is 0.523. The molecule has 0 aliphatic carbocycles. The predicted octanol–water partition coefficient (Wildman–Crippen LogP) is 5.36. The van der Waals surface area contributed by atoms with Crippen LogP contribution in [0.2, 0.25) is 5.02 Å². The van der Waals surface area contributed by atoms with Gasteiger partial charge < -0.3 is 0 Å². The van der Waals surface area contributed by atoms with Gasteiger partial charge in [0.05, 0.1) is 18.9 Å². The number of anilines is 2. The molecule has 1 aliphatic rings. The second-order valence-corrected chi connectivity index (χ2v) is 8.15. The largest absolute Gasteiger partial charge is 0.416 e. The van der Waals surface area contributed by atoms with E-state index in [1.807, 2.05) is 30.0 Å². The monoisotopic (exact) mass is 462 g/mol. The zero-order chi connectivity index (χ0) is 23.0. The number of aromatic nitrogens is 2. The van der Waals surface area contributed by atoms with Crippen LogP contribution < -0.4 is 10.5 Å². The third kappa shape index (κ3) is 4.25. The second-order valence-electron chi connectivity index (χ2n) is 7.74. The van der Waals surface area contributed by atoms with Crippen molar-refractivity contribution in [2.24, 2.45) is 0 Å². The van der Waals surface area contributed by atoms with E-state index in [9.17, 15) is 18.0 Å². The molecule has 4 rings (SSSR count). The number of rotatable bonds is 4. The number of hydrogen-bond donors (Lipinski definition) is 0. The van der Waals surface area contributed by atoms with Gasteiger partial charge >= 0.3 is 6.18 Å². The van der Waals surface area contributed by atoms with Crippen LogP contribution in [0.5, 0.6) is 0 Å². The Balaban J connectivity index is 1.82. The molecule has 3 aromatic rings. The topological polar surface area (TPSA) is 41.4 Å². The molecule has 168 valence electrons. The summed E-state index contributed by atoms with van der Waals surface area (Å²) in [6, 6.07) is 12.4. The molecule has 9 heteroatoms. The summed E-state index contributed by atoms with van der Waals surface area (Å²) in [6.45, 7) is 4.57. The van der Waals surface area contributed by atoms with E-state index in [0.29, 0.717) is 40.9 Å². The highest BCUT2D eigenvalue weighted by Gasteiger charge is 2.33. The highest BCUT2D eigenvalue weighted by atomic mass is 35.5. The van der Waals surface area contributed by atoms with Crippen LogP contribution in [0.1, 0.15) is 29.3 Å². The Kier molecular flexibility index (Phi) is 6.01. The van der Waals surface area contributed by atoms with Gasteiger partial charge in [0.15, 0.2) is 0 Å². The number of aryl methyl sites for hydroxylation is 1. The van der Waals surface area contributed by atoms with E-state index in [2.05, 4.69) is 4.98 Å². The van der Waals surface area contributed by atoms with Crippen molar-refractivity contribution in [2.75, 3.05) is 11.6 Å². The van der Waals surface area contributed by atoms with Crippen molar-refractivity contribution >= 4 is 23.2 Å². The summed E-state index contributed by atoms with van der Waals surface area (Å²) in [5.41, 5.74) is 1.42. The molecule has 0 radical (unpaired) electrons. The molecule has 0 fully saturated rings. The molecule has 1 aromatic heterocycles. The third-order valence-electron chi connectivity index (χ3n) is 5.56. The Labute approximate surface area is 188 Å². The van der Waals surface area contributed by atoms with Crippen LogP contribution in [0.4, 0.5) is 24.8 Å². The van der Waals surface area contributed by atoms with E-state index in [1.165, 1.54) is 10.6 Å². The number of benzene rings is 2. The summed E-state index contributed by atoms with van der Waals surface area (Å²) < 4.78 is 41.6. The van der Waals surface area contributed by atoms with Gasteiger partial charge in [-0.05, 0) is 43.2 Å². The van der Waals surface area contributed by atoms with Crippen LogP contribution in [0, 0.1) is 6.92 Å². The number of fused-ring (bicyclic) bond motifs is 1. The summed E-state index contributed by atoms with van der Waals surface area (Å²) in [5, 5.41) is 0.590. The maximum Gasteiger partial charge on any atom is 0.416 e. The minimum absolute atomic E-state index is 0.184. The summed E-state index contributed by atoms with van der Waals surface area (Å²) in [4.78, 5) is 21.4. The first-order chi connectivity index (χ1) is 15.2. The molecule has 0 saturated carbocycles. The van der Waals surface area contributed by atoms with Gasteiger partial charge in [-0.25, -0.2) is 4.98 Å². The Morgan fingerprint density at radius 1 is 1.09 bits per heavy atom. The fourth-order valence-electron chi connectivity index (χ4n) is 3.95. The minimum atomic E-state index is -4.47. The first-order valence-corrected chi connectivity index (χ1v) is 10.6. The molecule has 2 aromatic carbocycles. The average Bonchev–Trinajstić information content (AvgIpc) is 2.75. The van der Waals surface area contributed by atoms with E-state index in [4.69, 9.17) is 11.6 Å². The van der Waals surface area contributed by atoms with Crippen LogP contribution in [0.15, 0.2) is 53.3 Å². The van der Waals surface area contributed by atoms with Crippen molar-refractivity contribution in [3.05, 3.63) is 86.3 Å². The molecular formula is C23H22ClF3N4O. The number of halogens is 4. The van der Waals surface area contributed by atoms with Gasteiger partial charge in [0.2, 0.25) is 5.95 Å². The molecule has 32 heavy (non-hydrogen) atoms. The average molecular weight is 463 g/mol. The van der Waals surface area contributed by atoms with Crippen molar-refractivity contribution in [3.63, 3.8) is 0 Å². The Hall–Kier alpha value is -2.84. The number of nitrogens with zero attached hydrogens (tertiary/aromatic N) is 4. The van der Waals surface area contributed by atoms with Gasteiger partial charge in [0.25, 0.3) is 5.56 Å². The second kappa shape index (κ2) is 8.60. The summed E-state index contributed by atoms with van der Waals surface area (Å²) in [5.74, 6) is 0.333. The van der Waals surface area contributed by atoms with Crippen LogP contribution in [-0.4, -0.2) is 21.1 Å². The van der Waals surface area contributed by atoms with Crippen LogP contribution in [0.25, 0.3) is 0 Å². The number of alkyl halides is 3. The summed E-state index contributed by atoms with van der Waals surface area (Å²) >= 11 is 6.32. The molecule has 5 nitrogen and oxygen atoms in total. The van der Waals surface area contributed by atoms with Crippen molar-refractivity contribution in [2.45, 2.75) is 39.7 Å². The Morgan fingerprint density at radius 3 is 2.53 bits per heavy atom. The molecule has 0 atom stereocenters. The molecule has 0 saturated heterocycles. The molecule has 1 aliphatic heterocycles. The molecular weight excluding hydrogens is 441 g/mol. The predicted molar refractivity (Wildman–Crippen MR) is 118 cm³/mol. The lowest BCUT2D eigenvalue weighted by atomic mass is 10.1. The van der Waals surface area contributed by atoms with Gasteiger partial charge in [0.1, 0.15) is 0 Å². The molecule has 0 amide bonds. The summed E-state index contributed by atoms with van der Waals surface area (Å²) in [6.07, 6.45) is -3.95. The van der Waals surface area contributed by atoms with Crippen molar-refractivity contribution in [3.8, 4) is 0 Å². The summed E-state index contributed by atoms with van der Waals surface area (Å²) in [7, 11) is 0. The van der Waals surface area contributed by atoms with Crippen molar-refractivity contribution in [1.29, 1.82) is 0 Å². The van der Waals surface area contributed by atoms with Crippen molar-refractivity contribution < 1.29 is 13.2 Å². The lowest BCUT2D eigenvalue weighted by molar-refractivity contribution is -0.137. The molecule has 2 heterocycles. The fraction of sp³-hybridized carbons (Fsp3) is 0.304. The lowest BCUT2D eigenvalue weighted by Gasteiger charge is -2.38. The third-order valence-corrected chi connectivity index (χ3v) is 5.93. The van der Waals surface area contributed by atoms with Gasteiger partial charge in [-0.2, -0.15) is 13.2 Å². The SMILES string of the molecule is CCc1c(C)nc2n(c1=O)CN(Cc1ccccc1Cl)CN2c1cccc(C(F)(F)F)c1. The smallest absolute Gasteiger partial charge is 0.298 e. The zero-order valence-electron chi connectivity index (χ0n) is 17.7. The minimum Gasteiger partial charge on any atom is -0.298 e. The molecule has 0 spiro atoms. The van der Waals surface area contributed by atoms with Crippen LogP contribution >= 0.6 is 11.6 Å². The molecule has 0 N–H and O–H groups in total. The first kappa shape index (κ1) is 22.4. The van der Waals surface area contributed by atoms with Crippen molar-refractivity contribution in [1.82, 2.24) is 14.5 Å². The van der Waals surface area contributed by atoms with E-state index in [1.54, 1.807) is 24.0 Å². The van der Waals surface area contributed by atoms with E-state index in [0.717, 1.165) is 17.7 Å². The van der Waals surface area contributed by atoms with Gasteiger partial charge in [0, 0.05) is 28.5 Å². The Bertz CT molecular complexity index is 1210. The Morgan fingerprint density at radius 2 is 1.84 bits per heavy atom. The van der Waals surface area contributed by atoms with E-state index >= 15 is 0 Å². The molecule has 0 bridgehead atoms. The van der Waals surface area contributed by atoms with Crippen LogP contribution in [-0.2, 0) is 25.8 Å². The fourth-order valence-corrected chi connectivity index (χ4v) is 4.15. The van der Waals surface area contributed by atoms with Gasteiger partial charge in [-0.15, -0.1) is 0 Å². The maximum atomic E-state index is 13.4. The lowest BCUT2D eigenvalue weighted by Crippen LogP contribution is -2.47. The maximum absolute atomic E-state index is 13.4. The van der Waals surface area contributed by atoms with E-state index in [-0.39, 0.29) is 18.9 Å². The first-order valence-electron chi connectivity index (χ1n) is 10.2. The zero-order valence-corrected chi connectivity index (χ0v) is 18.4. The van der Waals surface area contributed by atoms with Gasteiger partial charge in [-0.3, -0.25) is 19.2 Å². The van der Waals surface area contributed by atoms with Crippen LogP contribution in [0.3, 0.4) is 0 Å². The normalized spacial score (nSPS) is 14.5. The number of hydrogen-bond acceptors (Lipinski definition) is 4. The highest BCUT2D eigenvalue weighted by molar-refractivity contribution is 6.31. The van der Waals surface area contributed by atoms with Gasteiger partial charge in [-0.1, -0.05) is 42.8 Å². The molecule has 0 unspecified atom stereocenters. The highest BCUT2D eigenvalue weighted by Crippen LogP contribution is 2.35. The standard InChI is InChI=1S/C23H22ClF3N4O/c1-3-19-15(2)28-22-30(18-9-6-8-17(11-18)23(25,26)27)13-29(14-31(22)21(19)32)12-16-7-4-5-10-20(16)24/h4-11H,3,12-14H2,1-2H3.